The summed E-state index contributed by atoms with van der Waals surface area (Å²) >= 11 is 1.29. The van der Waals surface area contributed by atoms with E-state index in [1.54, 1.807) is 0 Å². The van der Waals surface area contributed by atoms with Gasteiger partial charge in [-0.2, -0.15) is 0 Å². The van der Waals surface area contributed by atoms with Crippen LogP contribution >= 0.6 is 11.8 Å². The Balaban J connectivity index is 1.48. The van der Waals surface area contributed by atoms with Gasteiger partial charge in [0, 0.05) is 6.04 Å². The molecule has 7 nitrogen and oxygen atoms in total. The molecule has 1 heterocycles. The Hall–Kier alpha value is -2.22. The van der Waals surface area contributed by atoms with Crippen molar-refractivity contribution in [3.05, 3.63) is 35.7 Å². The van der Waals surface area contributed by atoms with Gasteiger partial charge in [-0.25, -0.2) is 4.68 Å². The quantitative estimate of drug-likeness (QED) is 0.504. The number of thioether (sulfide) groups is 1. The van der Waals surface area contributed by atoms with Crippen LogP contribution in [0.2, 0.25) is 0 Å². The van der Waals surface area contributed by atoms with Crippen molar-refractivity contribution in [1.29, 1.82) is 0 Å². The normalized spacial score (nSPS) is 19.3. The van der Waals surface area contributed by atoms with Crippen molar-refractivity contribution in [2.45, 2.75) is 70.2 Å². The molecule has 0 unspecified atom stereocenters. The zero-order valence-corrected chi connectivity index (χ0v) is 18.2. The molecule has 29 heavy (non-hydrogen) atoms. The van der Waals surface area contributed by atoms with Gasteiger partial charge in [0.05, 0.1) is 5.75 Å². The van der Waals surface area contributed by atoms with Gasteiger partial charge < -0.3 is 15.9 Å². The highest BCUT2D eigenvalue weighted by Gasteiger charge is 2.23. The maximum absolute atomic E-state index is 12.3. The van der Waals surface area contributed by atoms with Gasteiger partial charge in [-0.3, -0.25) is 4.79 Å². The lowest BCUT2D eigenvalue weighted by Gasteiger charge is -2.29. The minimum absolute atomic E-state index is 0.0137. The Bertz CT molecular complexity index is 806. The van der Waals surface area contributed by atoms with Crippen molar-refractivity contribution in [2.75, 3.05) is 11.6 Å². The second kappa shape index (κ2) is 10.0. The summed E-state index contributed by atoms with van der Waals surface area (Å²) in [6, 6.07) is 8.27. The van der Waals surface area contributed by atoms with Crippen molar-refractivity contribution < 1.29 is 9.53 Å². The highest BCUT2D eigenvalue weighted by molar-refractivity contribution is 7.99. The highest BCUT2D eigenvalue weighted by Crippen LogP contribution is 2.24. The van der Waals surface area contributed by atoms with Crippen LogP contribution in [0.4, 0.5) is 0 Å². The second-order valence-electron chi connectivity index (χ2n) is 8.01. The molecule has 1 saturated carbocycles. The molecule has 1 aliphatic rings. The minimum Gasteiger partial charge on any atom is -0.486 e. The van der Waals surface area contributed by atoms with Gasteiger partial charge in [0.2, 0.25) is 11.1 Å². The molecule has 0 saturated heterocycles. The lowest BCUT2D eigenvalue weighted by molar-refractivity contribution is -0.119. The molecule has 158 valence electrons. The zero-order chi connectivity index (χ0) is 20.8. The molecule has 1 aromatic carbocycles. The van der Waals surface area contributed by atoms with Gasteiger partial charge in [-0.05, 0) is 42.4 Å². The molecule has 1 amide bonds. The van der Waals surface area contributed by atoms with Crippen LogP contribution < -0.4 is 15.9 Å². The molecule has 0 aliphatic heterocycles. The van der Waals surface area contributed by atoms with Crippen molar-refractivity contribution in [3.63, 3.8) is 0 Å². The number of nitrogens with zero attached hydrogens (tertiary/aromatic N) is 3. The number of amides is 1. The van der Waals surface area contributed by atoms with Crippen molar-refractivity contribution in [1.82, 2.24) is 20.2 Å². The fraction of sp³-hybridized carbons (Fsp3) is 0.571. The van der Waals surface area contributed by atoms with Crippen LogP contribution in [0.5, 0.6) is 5.75 Å². The predicted octanol–water partition coefficient (Wildman–Crippen LogP) is 3.48. The minimum atomic E-state index is 0.0137. The van der Waals surface area contributed by atoms with E-state index in [-0.39, 0.29) is 24.3 Å². The summed E-state index contributed by atoms with van der Waals surface area (Å²) in [5.74, 6) is 8.66. The van der Waals surface area contributed by atoms with Crippen LogP contribution in [0.25, 0.3) is 0 Å². The first-order valence-electron chi connectivity index (χ1n) is 10.3. The van der Waals surface area contributed by atoms with Crippen LogP contribution in [0.1, 0.15) is 63.8 Å². The third-order valence-corrected chi connectivity index (χ3v) is 6.38. The number of aromatic nitrogens is 3. The summed E-state index contributed by atoms with van der Waals surface area (Å²) in [6.45, 7) is 6.73. The molecule has 0 spiro atoms. The zero-order valence-electron chi connectivity index (χ0n) is 17.4. The number of hydrogen-bond donors (Lipinski definition) is 2. The summed E-state index contributed by atoms with van der Waals surface area (Å²) in [5.41, 5.74) is 1.26. The van der Waals surface area contributed by atoms with E-state index in [0.717, 1.165) is 12.2 Å². The van der Waals surface area contributed by atoms with E-state index >= 15 is 0 Å². The van der Waals surface area contributed by atoms with E-state index in [4.69, 9.17) is 10.6 Å². The average Bonchev–Trinajstić information content (AvgIpc) is 3.06. The number of benzene rings is 1. The smallest absolute Gasteiger partial charge is 0.230 e. The van der Waals surface area contributed by atoms with Crippen molar-refractivity contribution >= 4 is 17.7 Å². The first-order chi connectivity index (χ1) is 13.9. The van der Waals surface area contributed by atoms with Crippen LogP contribution in [-0.2, 0) is 11.4 Å². The van der Waals surface area contributed by atoms with Gasteiger partial charge in [-0.1, -0.05) is 57.5 Å². The first kappa shape index (κ1) is 21.5. The van der Waals surface area contributed by atoms with Gasteiger partial charge in [0.25, 0.3) is 0 Å². The van der Waals surface area contributed by atoms with E-state index in [0.29, 0.717) is 22.8 Å². The van der Waals surface area contributed by atoms with Crippen LogP contribution in [0.15, 0.2) is 29.4 Å². The molecule has 3 rings (SSSR count). The number of rotatable bonds is 8. The van der Waals surface area contributed by atoms with E-state index < -0.39 is 0 Å². The Morgan fingerprint density at radius 2 is 2.00 bits per heavy atom. The third kappa shape index (κ3) is 5.88. The molecule has 2 atom stereocenters. The summed E-state index contributed by atoms with van der Waals surface area (Å²) in [5, 5.41) is 11.8. The average molecular weight is 418 g/mol. The molecule has 3 N–H and O–H groups in total. The first-order valence-corrected chi connectivity index (χ1v) is 11.3. The van der Waals surface area contributed by atoms with Crippen molar-refractivity contribution in [2.24, 2.45) is 5.92 Å². The standard InChI is InChI=1S/C21H31N5O2S/c1-14(2)16-8-10-17(11-9-16)28-12-19-24-25-21(26(19)22)29-13-20(27)23-18-7-5-4-6-15(18)3/h8-11,14-15,18H,4-7,12-13,22H2,1-3H3,(H,23,27)/t15-,18-/m1/s1. The summed E-state index contributed by atoms with van der Waals surface area (Å²) < 4.78 is 7.16. The molecule has 1 aromatic heterocycles. The number of carbonyl (C=O) groups is 1. The molecule has 1 fully saturated rings. The Kier molecular flexibility index (Phi) is 7.41. The molecule has 8 heteroatoms. The second-order valence-corrected chi connectivity index (χ2v) is 8.95. The lowest BCUT2D eigenvalue weighted by Crippen LogP contribution is -2.41. The van der Waals surface area contributed by atoms with Gasteiger partial charge in [-0.15, -0.1) is 10.2 Å². The number of nitrogen functional groups attached to an aromatic ring is 1. The monoisotopic (exact) mass is 417 g/mol. The fourth-order valence-electron chi connectivity index (χ4n) is 3.51. The number of hydrogen-bond acceptors (Lipinski definition) is 6. The summed E-state index contributed by atoms with van der Waals surface area (Å²) in [7, 11) is 0. The van der Waals surface area contributed by atoms with Crippen molar-refractivity contribution in [3.8, 4) is 5.75 Å². The Morgan fingerprint density at radius 3 is 2.69 bits per heavy atom. The lowest BCUT2D eigenvalue weighted by atomic mass is 9.86. The molecule has 0 radical (unpaired) electrons. The number of nitrogens with one attached hydrogen (secondary N) is 1. The van der Waals surface area contributed by atoms with E-state index in [9.17, 15) is 4.79 Å². The molecular formula is C21H31N5O2S. The van der Waals surface area contributed by atoms with Gasteiger partial charge in [0.15, 0.2) is 5.82 Å². The number of nitrogens with two attached hydrogens (primary N) is 1. The van der Waals surface area contributed by atoms with Crippen LogP contribution in [0, 0.1) is 5.92 Å². The van der Waals surface area contributed by atoms with E-state index in [2.05, 4.69) is 48.4 Å². The summed E-state index contributed by atoms with van der Waals surface area (Å²) in [4.78, 5) is 12.3. The van der Waals surface area contributed by atoms with Gasteiger partial charge in [0.1, 0.15) is 12.4 Å². The largest absolute Gasteiger partial charge is 0.486 e. The van der Waals surface area contributed by atoms with Crippen LogP contribution in [-0.4, -0.2) is 32.6 Å². The summed E-state index contributed by atoms with van der Waals surface area (Å²) in [6.07, 6.45) is 4.68. The molecule has 0 bridgehead atoms. The van der Waals surface area contributed by atoms with Crippen LogP contribution in [0.3, 0.4) is 0 Å². The predicted molar refractivity (Wildman–Crippen MR) is 115 cm³/mol. The SMILES string of the molecule is CC(C)c1ccc(OCc2nnc(SCC(=O)N[C@@H]3CCCC[C@H]3C)n2N)cc1. The fourth-order valence-corrected chi connectivity index (χ4v) is 4.20. The van der Waals surface area contributed by atoms with E-state index in [1.165, 1.54) is 41.3 Å². The topological polar surface area (TPSA) is 95.1 Å². The number of ether oxygens (including phenoxy) is 1. The molecule has 1 aliphatic carbocycles. The molecular weight excluding hydrogens is 386 g/mol. The molecule has 2 aromatic rings. The maximum atomic E-state index is 12.3. The highest BCUT2D eigenvalue weighted by atomic mass is 32.2. The Morgan fingerprint density at radius 1 is 1.28 bits per heavy atom. The number of carbonyl (C=O) groups excluding carboxylic acids is 1. The maximum Gasteiger partial charge on any atom is 0.230 e. The van der Waals surface area contributed by atoms with Gasteiger partial charge >= 0.3 is 0 Å². The third-order valence-electron chi connectivity index (χ3n) is 5.44. The Labute approximate surface area is 176 Å². The van der Waals surface area contributed by atoms with E-state index in [1.807, 2.05) is 12.1 Å².